The molecule has 1 rings (SSSR count). The largest absolute Gasteiger partial charge is 0.396 e. The van der Waals surface area contributed by atoms with E-state index in [1.807, 2.05) is 6.07 Å². The lowest BCUT2D eigenvalue weighted by Gasteiger charge is -2.24. The van der Waals surface area contributed by atoms with Crippen LogP contribution in [0.15, 0.2) is 24.3 Å². The molecule has 0 saturated carbocycles. The summed E-state index contributed by atoms with van der Waals surface area (Å²) in [6.45, 7) is 5.65. The maximum absolute atomic E-state index is 13.3. The molecule has 0 radical (unpaired) electrons. The van der Waals surface area contributed by atoms with Crippen molar-refractivity contribution in [3.05, 3.63) is 35.6 Å². The van der Waals surface area contributed by atoms with Gasteiger partial charge in [0.25, 0.3) is 0 Å². The maximum Gasteiger partial charge on any atom is 0.127 e. The van der Waals surface area contributed by atoms with Gasteiger partial charge in [-0.05, 0) is 17.9 Å². The van der Waals surface area contributed by atoms with E-state index in [0.717, 1.165) is 13.0 Å². The number of halogens is 1. The van der Waals surface area contributed by atoms with Crippen molar-refractivity contribution in [1.29, 1.82) is 0 Å². The molecule has 0 amide bonds. The van der Waals surface area contributed by atoms with E-state index in [1.165, 1.54) is 6.07 Å². The average molecular weight is 225 g/mol. The van der Waals surface area contributed by atoms with Crippen molar-refractivity contribution >= 4 is 0 Å². The van der Waals surface area contributed by atoms with Crippen LogP contribution in [0.25, 0.3) is 0 Å². The van der Waals surface area contributed by atoms with Gasteiger partial charge in [-0.2, -0.15) is 0 Å². The Balaban J connectivity index is 2.39. The zero-order chi connectivity index (χ0) is 12.0. The van der Waals surface area contributed by atoms with Crippen LogP contribution in [-0.2, 0) is 6.54 Å². The molecular weight excluding hydrogens is 205 g/mol. The summed E-state index contributed by atoms with van der Waals surface area (Å²) in [5, 5.41) is 12.1. The summed E-state index contributed by atoms with van der Waals surface area (Å²) in [5.41, 5.74) is 0.724. The molecule has 0 aliphatic heterocycles. The summed E-state index contributed by atoms with van der Waals surface area (Å²) in [7, 11) is 0. The Bertz CT molecular complexity index is 325. The van der Waals surface area contributed by atoms with Gasteiger partial charge >= 0.3 is 0 Å². The molecule has 2 N–H and O–H groups in total. The van der Waals surface area contributed by atoms with Gasteiger partial charge in [0.15, 0.2) is 0 Å². The maximum atomic E-state index is 13.3. The lowest BCUT2D eigenvalue weighted by atomic mass is 9.90. The van der Waals surface area contributed by atoms with Crippen LogP contribution >= 0.6 is 0 Å². The molecule has 2 nitrogen and oxygen atoms in total. The van der Waals surface area contributed by atoms with Gasteiger partial charge in [-0.3, -0.25) is 0 Å². The van der Waals surface area contributed by atoms with E-state index in [4.69, 9.17) is 5.11 Å². The number of nitrogens with one attached hydrogen (secondary N) is 1. The van der Waals surface area contributed by atoms with Crippen LogP contribution in [-0.4, -0.2) is 18.3 Å². The molecule has 0 aromatic heterocycles. The van der Waals surface area contributed by atoms with E-state index >= 15 is 0 Å². The summed E-state index contributed by atoms with van der Waals surface area (Å²) < 4.78 is 13.3. The summed E-state index contributed by atoms with van der Waals surface area (Å²) >= 11 is 0. The van der Waals surface area contributed by atoms with Crippen LogP contribution in [0.1, 0.15) is 25.8 Å². The van der Waals surface area contributed by atoms with Crippen LogP contribution in [0.2, 0.25) is 0 Å². The first-order valence-corrected chi connectivity index (χ1v) is 5.60. The predicted molar refractivity (Wildman–Crippen MR) is 63.6 cm³/mol. The second-order valence-corrected chi connectivity index (χ2v) is 4.83. The minimum Gasteiger partial charge on any atom is -0.396 e. The van der Waals surface area contributed by atoms with Crippen LogP contribution in [0, 0.1) is 11.2 Å². The zero-order valence-electron chi connectivity index (χ0n) is 9.96. The van der Waals surface area contributed by atoms with Gasteiger partial charge in [0.1, 0.15) is 5.82 Å². The SMILES string of the molecule is CC(C)(CCO)CNCc1ccccc1F. The Kier molecular flexibility index (Phi) is 4.90. The van der Waals surface area contributed by atoms with Crippen LogP contribution < -0.4 is 5.32 Å². The molecule has 0 unspecified atom stereocenters. The van der Waals surface area contributed by atoms with E-state index < -0.39 is 0 Å². The molecule has 1 aromatic carbocycles. The number of aliphatic hydroxyl groups is 1. The van der Waals surface area contributed by atoms with E-state index in [9.17, 15) is 4.39 Å². The highest BCUT2D eigenvalue weighted by Gasteiger charge is 2.16. The molecule has 90 valence electrons. The van der Waals surface area contributed by atoms with Crippen molar-refractivity contribution in [2.45, 2.75) is 26.8 Å². The fourth-order valence-electron chi connectivity index (χ4n) is 1.57. The molecule has 0 saturated heterocycles. The van der Waals surface area contributed by atoms with Crippen molar-refractivity contribution in [2.75, 3.05) is 13.2 Å². The van der Waals surface area contributed by atoms with Gasteiger partial charge in [-0.1, -0.05) is 32.0 Å². The van der Waals surface area contributed by atoms with Crippen LogP contribution in [0.4, 0.5) is 4.39 Å². The third-order valence-corrected chi connectivity index (χ3v) is 2.67. The van der Waals surface area contributed by atoms with Gasteiger partial charge in [0.05, 0.1) is 0 Å². The van der Waals surface area contributed by atoms with Gasteiger partial charge in [-0.15, -0.1) is 0 Å². The highest BCUT2D eigenvalue weighted by molar-refractivity contribution is 5.16. The van der Waals surface area contributed by atoms with Gasteiger partial charge in [0, 0.05) is 25.3 Å². The molecular formula is C13H20FNO. The number of benzene rings is 1. The molecule has 0 spiro atoms. The summed E-state index contributed by atoms with van der Waals surface area (Å²) in [4.78, 5) is 0. The Labute approximate surface area is 96.5 Å². The minimum absolute atomic E-state index is 0.0417. The molecule has 0 bridgehead atoms. The van der Waals surface area contributed by atoms with Crippen molar-refractivity contribution < 1.29 is 9.50 Å². The highest BCUT2D eigenvalue weighted by atomic mass is 19.1. The summed E-state index contributed by atoms with van der Waals surface area (Å²) in [6, 6.07) is 6.77. The topological polar surface area (TPSA) is 32.3 Å². The monoisotopic (exact) mass is 225 g/mol. The number of aliphatic hydroxyl groups excluding tert-OH is 1. The van der Waals surface area contributed by atoms with Crippen molar-refractivity contribution in [1.82, 2.24) is 5.32 Å². The lowest BCUT2D eigenvalue weighted by Crippen LogP contribution is -2.30. The molecule has 0 aliphatic carbocycles. The fraction of sp³-hybridized carbons (Fsp3) is 0.538. The van der Waals surface area contributed by atoms with Crippen molar-refractivity contribution in [3.8, 4) is 0 Å². The quantitative estimate of drug-likeness (QED) is 0.778. The third-order valence-electron chi connectivity index (χ3n) is 2.67. The summed E-state index contributed by atoms with van der Waals surface area (Å²) in [5.74, 6) is -0.171. The predicted octanol–water partition coefficient (Wildman–Crippen LogP) is 2.32. The lowest BCUT2D eigenvalue weighted by molar-refractivity contribution is 0.207. The molecule has 16 heavy (non-hydrogen) atoms. The van der Waals surface area contributed by atoms with E-state index in [-0.39, 0.29) is 17.8 Å². The fourth-order valence-corrected chi connectivity index (χ4v) is 1.57. The molecule has 0 heterocycles. The van der Waals surface area contributed by atoms with Gasteiger partial charge in [0.2, 0.25) is 0 Å². The Morgan fingerprint density at radius 3 is 2.62 bits per heavy atom. The first-order chi connectivity index (χ1) is 7.55. The molecule has 0 aliphatic rings. The second-order valence-electron chi connectivity index (χ2n) is 4.83. The van der Waals surface area contributed by atoms with Crippen LogP contribution in [0.3, 0.4) is 0 Å². The van der Waals surface area contributed by atoms with Gasteiger partial charge < -0.3 is 10.4 Å². The molecule has 0 fully saturated rings. The normalized spacial score (nSPS) is 11.8. The van der Waals surface area contributed by atoms with Crippen molar-refractivity contribution in [2.24, 2.45) is 5.41 Å². The first-order valence-electron chi connectivity index (χ1n) is 5.60. The minimum atomic E-state index is -0.171. The smallest absolute Gasteiger partial charge is 0.127 e. The van der Waals surface area contributed by atoms with E-state index in [0.29, 0.717) is 12.1 Å². The molecule has 1 aromatic rings. The summed E-state index contributed by atoms with van der Waals surface area (Å²) in [6.07, 6.45) is 0.747. The number of hydrogen-bond acceptors (Lipinski definition) is 2. The molecule has 0 atom stereocenters. The standard InChI is InChI=1S/C13H20FNO/c1-13(2,7-8-16)10-15-9-11-5-3-4-6-12(11)14/h3-6,15-16H,7-10H2,1-2H3. The Hall–Kier alpha value is -0.930. The number of hydrogen-bond donors (Lipinski definition) is 2. The van der Waals surface area contributed by atoms with E-state index in [2.05, 4.69) is 19.2 Å². The highest BCUT2D eigenvalue weighted by Crippen LogP contribution is 2.18. The zero-order valence-corrected chi connectivity index (χ0v) is 9.96. The first kappa shape index (κ1) is 13.1. The molecule has 3 heteroatoms. The number of rotatable bonds is 6. The Morgan fingerprint density at radius 1 is 1.31 bits per heavy atom. The van der Waals surface area contributed by atoms with E-state index in [1.54, 1.807) is 12.1 Å². The average Bonchev–Trinajstić information content (AvgIpc) is 2.20. The third kappa shape index (κ3) is 4.29. The van der Waals surface area contributed by atoms with Gasteiger partial charge in [-0.25, -0.2) is 4.39 Å². The van der Waals surface area contributed by atoms with Crippen molar-refractivity contribution in [3.63, 3.8) is 0 Å². The second kappa shape index (κ2) is 5.97. The Morgan fingerprint density at radius 2 is 2.00 bits per heavy atom. The van der Waals surface area contributed by atoms with Crippen LogP contribution in [0.5, 0.6) is 0 Å².